The van der Waals surface area contributed by atoms with E-state index < -0.39 is 5.97 Å². The predicted octanol–water partition coefficient (Wildman–Crippen LogP) is 6.52. The molecular weight excluding hydrogens is 416 g/mol. The van der Waals surface area contributed by atoms with Crippen molar-refractivity contribution in [1.82, 2.24) is 0 Å². The summed E-state index contributed by atoms with van der Waals surface area (Å²) in [6.45, 7) is 2.76. The van der Waals surface area contributed by atoms with Crippen LogP contribution in [-0.4, -0.2) is 12.6 Å². The van der Waals surface area contributed by atoms with Crippen molar-refractivity contribution >= 4 is 28.0 Å². The summed E-state index contributed by atoms with van der Waals surface area (Å²) in [4.78, 5) is 12.1. The van der Waals surface area contributed by atoms with E-state index in [1.54, 1.807) is 12.1 Å². The summed E-state index contributed by atoms with van der Waals surface area (Å²) in [7, 11) is 0. The van der Waals surface area contributed by atoms with Gasteiger partial charge in [0, 0.05) is 6.08 Å². The largest absolute Gasteiger partial charge is 0.494 e. The van der Waals surface area contributed by atoms with Crippen molar-refractivity contribution in [3.8, 4) is 22.6 Å². The van der Waals surface area contributed by atoms with Crippen molar-refractivity contribution in [3.05, 3.63) is 88.9 Å². The number of rotatable bonds is 7. The SMILES string of the molecule is CCCOc1ccc(/C=C/C(=O)Oc2ccc(-c3ccccc3)cc2Br)cc1. The second-order valence-corrected chi connectivity index (χ2v) is 7.04. The number of benzene rings is 3. The van der Waals surface area contributed by atoms with Crippen LogP contribution in [0.4, 0.5) is 0 Å². The highest BCUT2D eigenvalue weighted by atomic mass is 79.9. The van der Waals surface area contributed by atoms with Gasteiger partial charge in [0.25, 0.3) is 0 Å². The summed E-state index contributed by atoms with van der Waals surface area (Å²) in [6.07, 6.45) is 4.10. The van der Waals surface area contributed by atoms with Crippen molar-refractivity contribution in [2.75, 3.05) is 6.61 Å². The number of halogens is 1. The lowest BCUT2D eigenvalue weighted by Gasteiger charge is -2.07. The van der Waals surface area contributed by atoms with Crippen LogP contribution < -0.4 is 9.47 Å². The summed E-state index contributed by atoms with van der Waals surface area (Å²) < 4.78 is 11.7. The zero-order chi connectivity index (χ0) is 19.8. The molecule has 3 aromatic carbocycles. The highest BCUT2D eigenvalue weighted by molar-refractivity contribution is 9.10. The van der Waals surface area contributed by atoms with Crippen molar-refractivity contribution < 1.29 is 14.3 Å². The van der Waals surface area contributed by atoms with E-state index in [9.17, 15) is 4.79 Å². The van der Waals surface area contributed by atoms with Crippen LogP contribution >= 0.6 is 15.9 Å². The second-order valence-electron chi connectivity index (χ2n) is 6.18. The first-order valence-electron chi connectivity index (χ1n) is 9.13. The third-order valence-corrected chi connectivity index (χ3v) is 4.63. The van der Waals surface area contributed by atoms with E-state index in [4.69, 9.17) is 9.47 Å². The van der Waals surface area contributed by atoms with E-state index in [0.717, 1.165) is 33.3 Å². The van der Waals surface area contributed by atoms with E-state index in [1.807, 2.05) is 66.7 Å². The number of hydrogen-bond acceptors (Lipinski definition) is 3. The quantitative estimate of drug-likeness (QED) is 0.240. The minimum Gasteiger partial charge on any atom is -0.494 e. The molecule has 4 heteroatoms. The fourth-order valence-corrected chi connectivity index (χ4v) is 3.06. The molecule has 3 aromatic rings. The number of esters is 1. The minimum absolute atomic E-state index is 0.431. The Labute approximate surface area is 173 Å². The second kappa shape index (κ2) is 9.90. The summed E-state index contributed by atoms with van der Waals surface area (Å²) >= 11 is 3.48. The van der Waals surface area contributed by atoms with E-state index in [-0.39, 0.29) is 0 Å². The van der Waals surface area contributed by atoms with Gasteiger partial charge in [-0.2, -0.15) is 0 Å². The molecule has 0 heterocycles. The van der Waals surface area contributed by atoms with Gasteiger partial charge in [-0.3, -0.25) is 0 Å². The van der Waals surface area contributed by atoms with Gasteiger partial charge in [0.2, 0.25) is 0 Å². The molecule has 0 aromatic heterocycles. The maximum Gasteiger partial charge on any atom is 0.336 e. The lowest BCUT2D eigenvalue weighted by molar-refractivity contribution is -0.128. The molecule has 142 valence electrons. The molecule has 0 N–H and O–H groups in total. The summed E-state index contributed by atoms with van der Waals surface area (Å²) in [5.74, 6) is 0.876. The maximum absolute atomic E-state index is 12.1. The van der Waals surface area contributed by atoms with Gasteiger partial charge < -0.3 is 9.47 Å². The monoisotopic (exact) mass is 436 g/mol. The summed E-state index contributed by atoms with van der Waals surface area (Å²) in [5.41, 5.74) is 3.06. The lowest BCUT2D eigenvalue weighted by atomic mass is 10.1. The molecular formula is C24H21BrO3. The fourth-order valence-electron chi connectivity index (χ4n) is 2.60. The molecule has 0 aliphatic heterocycles. The molecule has 0 saturated heterocycles. The van der Waals surface area contributed by atoms with Crippen molar-refractivity contribution in [2.24, 2.45) is 0 Å². The zero-order valence-corrected chi connectivity index (χ0v) is 17.2. The van der Waals surface area contributed by atoms with Gasteiger partial charge >= 0.3 is 5.97 Å². The number of hydrogen-bond donors (Lipinski definition) is 0. The lowest BCUT2D eigenvalue weighted by Crippen LogP contribution is -2.04. The average Bonchev–Trinajstić information content (AvgIpc) is 2.73. The average molecular weight is 437 g/mol. The topological polar surface area (TPSA) is 35.5 Å². The van der Waals surface area contributed by atoms with Gasteiger partial charge in [0.15, 0.2) is 0 Å². The first kappa shape index (κ1) is 19.9. The highest BCUT2D eigenvalue weighted by Gasteiger charge is 2.07. The molecule has 0 unspecified atom stereocenters. The van der Waals surface area contributed by atoms with Crippen LogP contribution in [-0.2, 0) is 4.79 Å². The first-order valence-corrected chi connectivity index (χ1v) is 9.93. The molecule has 0 aliphatic rings. The standard InChI is InChI=1S/C24H21BrO3/c1-2-16-27-21-12-8-18(9-13-21)10-15-24(26)28-23-14-11-20(17-22(23)25)19-6-4-3-5-7-19/h3-15,17H,2,16H2,1H3/b15-10+. The van der Waals surface area contributed by atoms with Crippen LogP contribution in [0.1, 0.15) is 18.9 Å². The van der Waals surface area contributed by atoms with Crippen LogP contribution in [0.2, 0.25) is 0 Å². The molecule has 0 aliphatic carbocycles. The summed E-state index contributed by atoms with van der Waals surface area (Å²) in [5, 5.41) is 0. The zero-order valence-electron chi connectivity index (χ0n) is 15.6. The Morgan fingerprint density at radius 3 is 2.39 bits per heavy atom. The van der Waals surface area contributed by atoms with E-state index in [2.05, 4.69) is 22.9 Å². The Kier molecular flexibility index (Phi) is 7.04. The normalized spacial score (nSPS) is 10.8. The van der Waals surface area contributed by atoms with Gasteiger partial charge in [-0.05, 0) is 69.4 Å². The third kappa shape index (κ3) is 5.57. The molecule has 0 saturated carbocycles. The van der Waals surface area contributed by atoms with Gasteiger partial charge in [-0.1, -0.05) is 55.5 Å². The van der Waals surface area contributed by atoms with E-state index in [1.165, 1.54) is 6.08 Å². The minimum atomic E-state index is -0.431. The third-order valence-electron chi connectivity index (χ3n) is 4.01. The van der Waals surface area contributed by atoms with Crippen molar-refractivity contribution in [2.45, 2.75) is 13.3 Å². The molecule has 0 spiro atoms. The van der Waals surface area contributed by atoms with Gasteiger partial charge in [-0.15, -0.1) is 0 Å². The van der Waals surface area contributed by atoms with Gasteiger partial charge in [0.1, 0.15) is 11.5 Å². The van der Waals surface area contributed by atoms with E-state index in [0.29, 0.717) is 12.4 Å². The Hall–Kier alpha value is -2.85. The Morgan fingerprint density at radius 2 is 1.71 bits per heavy atom. The van der Waals surface area contributed by atoms with Crippen LogP contribution in [0, 0.1) is 0 Å². The van der Waals surface area contributed by atoms with E-state index >= 15 is 0 Å². The molecule has 28 heavy (non-hydrogen) atoms. The van der Waals surface area contributed by atoms with Crippen LogP contribution in [0.25, 0.3) is 17.2 Å². The van der Waals surface area contributed by atoms with Gasteiger partial charge in [-0.25, -0.2) is 4.79 Å². The molecule has 0 bridgehead atoms. The van der Waals surface area contributed by atoms with Crippen LogP contribution in [0.3, 0.4) is 0 Å². The summed E-state index contributed by atoms with van der Waals surface area (Å²) in [6, 6.07) is 23.3. The smallest absolute Gasteiger partial charge is 0.336 e. The highest BCUT2D eigenvalue weighted by Crippen LogP contribution is 2.30. The molecule has 0 fully saturated rings. The predicted molar refractivity (Wildman–Crippen MR) is 116 cm³/mol. The first-order chi connectivity index (χ1) is 13.7. The Bertz CT molecular complexity index is 947. The van der Waals surface area contributed by atoms with Crippen molar-refractivity contribution in [1.29, 1.82) is 0 Å². The maximum atomic E-state index is 12.1. The Morgan fingerprint density at radius 1 is 0.964 bits per heavy atom. The molecule has 3 nitrogen and oxygen atoms in total. The number of carbonyl (C=O) groups excluding carboxylic acids is 1. The van der Waals surface area contributed by atoms with Crippen molar-refractivity contribution in [3.63, 3.8) is 0 Å². The fraction of sp³-hybridized carbons (Fsp3) is 0.125. The van der Waals surface area contributed by atoms with Crippen LogP contribution in [0.15, 0.2) is 83.3 Å². The molecule has 3 rings (SSSR count). The molecule has 0 radical (unpaired) electrons. The number of carbonyl (C=O) groups is 1. The van der Waals surface area contributed by atoms with Gasteiger partial charge in [0.05, 0.1) is 11.1 Å². The molecule has 0 amide bonds. The Balaban J connectivity index is 1.62. The van der Waals surface area contributed by atoms with Crippen LogP contribution in [0.5, 0.6) is 11.5 Å². The molecule has 0 atom stereocenters. The number of ether oxygens (including phenoxy) is 2.